The maximum absolute atomic E-state index is 14.1. The van der Waals surface area contributed by atoms with E-state index in [9.17, 15) is 43.5 Å². The van der Waals surface area contributed by atoms with Crippen molar-refractivity contribution in [3.05, 3.63) is 108 Å². The molecule has 8 atom stereocenters. The summed E-state index contributed by atoms with van der Waals surface area (Å²) < 4.78 is 0. The third-order valence-electron chi connectivity index (χ3n) is 13.3. The topological polar surface area (TPSA) is 309 Å². The van der Waals surface area contributed by atoms with Crippen LogP contribution in [0.5, 0.6) is 0 Å². The van der Waals surface area contributed by atoms with E-state index in [0.29, 0.717) is 51.4 Å². The Morgan fingerprint density at radius 2 is 0.844 bits per heavy atom. The van der Waals surface area contributed by atoms with Crippen LogP contribution in [0, 0.1) is 29.6 Å². The fraction of sp³-hybridized carbons (Fsp3) is 0.567. The van der Waals surface area contributed by atoms with Crippen molar-refractivity contribution in [2.24, 2.45) is 52.5 Å². The Morgan fingerprint density at radius 1 is 0.455 bits per heavy atom. The van der Waals surface area contributed by atoms with Crippen LogP contribution in [0.25, 0.3) is 0 Å². The van der Waals surface area contributed by atoms with Crippen molar-refractivity contribution in [2.45, 2.75) is 168 Å². The lowest BCUT2D eigenvalue weighted by atomic mass is 9.88. The van der Waals surface area contributed by atoms with E-state index in [0.717, 1.165) is 16.7 Å². The van der Waals surface area contributed by atoms with Gasteiger partial charge >= 0.3 is 5.97 Å². The lowest BCUT2D eigenvalue weighted by Gasteiger charge is -2.25. The van der Waals surface area contributed by atoms with Gasteiger partial charge in [-0.25, -0.2) is 4.79 Å². The lowest BCUT2D eigenvalue weighted by Crippen LogP contribution is -2.50. The van der Waals surface area contributed by atoms with Crippen molar-refractivity contribution >= 4 is 46.9 Å². The zero-order valence-corrected chi connectivity index (χ0v) is 46.7. The largest absolute Gasteiger partial charge is 0.480 e. The number of ketones is 3. The number of carboxylic acid groups (broad SMARTS) is 1. The van der Waals surface area contributed by atoms with Crippen LogP contribution in [0.3, 0.4) is 0 Å². The van der Waals surface area contributed by atoms with Gasteiger partial charge in [-0.3, -0.25) is 33.6 Å². The number of hydrogen-bond acceptors (Lipinski definition) is 12. The number of carboxylic acids is 1. The van der Waals surface area contributed by atoms with Crippen LogP contribution in [-0.2, 0) is 57.6 Å². The molecule has 0 bridgehead atoms. The zero-order valence-electron chi connectivity index (χ0n) is 46.7. The van der Waals surface area contributed by atoms with Crippen LogP contribution in [0.1, 0.15) is 135 Å². The molecule has 0 saturated carbocycles. The van der Waals surface area contributed by atoms with Crippen LogP contribution in [0.15, 0.2) is 91.0 Å². The van der Waals surface area contributed by atoms with Gasteiger partial charge in [-0.1, -0.05) is 133 Å². The average molecular weight is 1070 g/mol. The normalized spacial score (nSPS) is 14.3. The van der Waals surface area contributed by atoms with E-state index in [1.54, 1.807) is 0 Å². The number of nitrogens with two attached hydrogens (primary N) is 4. The third-order valence-corrected chi connectivity index (χ3v) is 13.3. The first-order valence-corrected chi connectivity index (χ1v) is 27.8. The molecule has 0 fully saturated rings. The van der Waals surface area contributed by atoms with Gasteiger partial charge in [0.1, 0.15) is 6.04 Å². The molecule has 0 saturated heterocycles. The summed E-state index contributed by atoms with van der Waals surface area (Å²) in [5, 5.41) is 21.4. The van der Waals surface area contributed by atoms with Crippen LogP contribution in [-0.4, -0.2) is 102 Å². The third kappa shape index (κ3) is 26.7. The Balaban J connectivity index is 0.0000100. The van der Waals surface area contributed by atoms with Gasteiger partial charge in [-0.15, -0.1) is 0 Å². The van der Waals surface area contributed by atoms with Crippen LogP contribution >= 0.6 is 0 Å². The minimum Gasteiger partial charge on any atom is -0.480 e. The molecule has 0 aliphatic heterocycles. The second-order valence-electron chi connectivity index (χ2n) is 20.8. The van der Waals surface area contributed by atoms with E-state index in [4.69, 9.17) is 22.9 Å². The molecule has 0 unspecified atom stereocenters. The van der Waals surface area contributed by atoms with Gasteiger partial charge in [0.2, 0.25) is 23.6 Å². The first kappa shape index (κ1) is 67.0. The van der Waals surface area contributed by atoms with Crippen molar-refractivity contribution in [1.82, 2.24) is 21.3 Å². The van der Waals surface area contributed by atoms with Gasteiger partial charge in [-0.2, -0.15) is 0 Å². The molecule has 0 spiro atoms. The summed E-state index contributed by atoms with van der Waals surface area (Å²) in [5.41, 5.74) is 26.8. The highest BCUT2D eigenvalue weighted by Crippen LogP contribution is 2.21. The van der Waals surface area contributed by atoms with Gasteiger partial charge in [-0.05, 0) is 119 Å². The number of amides is 4. The molecule has 77 heavy (non-hydrogen) atoms. The Morgan fingerprint density at radius 3 is 1.29 bits per heavy atom. The van der Waals surface area contributed by atoms with Crippen LogP contribution in [0.2, 0.25) is 0 Å². The van der Waals surface area contributed by atoms with Crippen LogP contribution in [0.4, 0.5) is 0 Å². The highest BCUT2D eigenvalue weighted by Gasteiger charge is 2.34. The Kier molecular flexibility index (Phi) is 32.7. The smallest absolute Gasteiger partial charge is 0.326 e. The molecule has 0 radical (unpaired) electrons. The summed E-state index contributed by atoms with van der Waals surface area (Å²) in [6.45, 7) is 12.4. The number of Topliss-reactive ketones (excluding diaryl/α,β-unsaturated/α-hetero) is 3. The van der Waals surface area contributed by atoms with Gasteiger partial charge in [0.25, 0.3) is 0 Å². The summed E-state index contributed by atoms with van der Waals surface area (Å²) in [4.78, 5) is 109. The fourth-order valence-electron chi connectivity index (χ4n) is 9.07. The number of carbonyl (C=O) groups is 8. The average Bonchev–Trinajstić information content (AvgIpc) is 3.40. The Labute approximate surface area is 458 Å². The summed E-state index contributed by atoms with van der Waals surface area (Å²) >= 11 is 0. The lowest BCUT2D eigenvalue weighted by molar-refractivity contribution is -0.143. The number of nitrogens with one attached hydrogen (secondary N) is 4. The van der Waals surface area contributed by atoms with E-state index >= 15 is 0 Å². The highest BCUT2D eigenvalue weighted by molar-refractivity contribution is 5.96. The summed E-state index contributed by atoms with van der Waals surface area (Å²) in [6.07, 6.45) is 3.02. The van der Waals surface area contributed by atoms with Gasteiger partial charge < -0.3 is 49.3 Å². The van der Waals surface area contributed by atoms with E-state index in [-0.39, 0.29) is 99.7 Å². The molecule has 3 aromatic rings. The molecule has 17 heteroatoms. The first-order chi connectivity index (χ1) is 36.8. The molecule has 3 rings (SSSR count). The monoisotopic (exact) mass is 1070 g/mol. The molecule has 17 nitrogen and oxygen atoms in total. The Hall–Kier alpha value is -6.14. The molecular formula is C60H92N8O9. The number of unbranched alkanes of at least 4 members (excludes halogenated alkanes) is 1. The van der Waals surface area contributed by atoms with Crippen molar-refractivity contribution in [2.75, 3.05) is 19.6 Å². The number of benzene rings is 3. The molecule has 426 valence electrons. The van der Waals surface area contributed by atoms with Gasteiger partial charge in [0.05, 0.1) is 24.2 Å². The fourth-order valence-corrected chi connectivity index (χ4v) is 9.07. The molecule has 4 amide bonds. The second kappa shape index (κ2) is 37.6. The van der Waals surface area contributed by atoms with E-state index in [2.05, 4.69) is 21.3 Å². The van der Waals surface area contributed by atoms with Gasteiger partial charge in [0.15, 0.2) is 17.3 Å². The highest BCUT2D eigenvalue weighted by atomic mass is 16.4. The summed E-state index contributed by atoms with van der Waals surface area (Å²) in [5.74, 6) is -6.61. The molecular weight excluding hydrogens is 977 g/mol. The maximum Gasteiger partial charge on any atom is 0.326 e. The number of aliphatic carboxylic acids is 1. The zero-order chi connectivity index (χ0) is 57.3. The maximum atomic E-state index is 14.1. The SMILES string of the molecule is CC.CC(C)C[C@@H](NC(=O)[C@H](CC(=O)[C@H](N)Cc1ccccc1)Cc1ccccc1)C(=O)C[C@H](CCCN)C(=O)NCCCC[C@H](NC(=O)[C@@H](CCCN)CC(=O)[C@@H](CC(C)C)NC(=O)[C@H](N)Cc1ccccc1)C(=O)O. The molecule has 0 heterocycles. The van der Waals surface area contributed by atoms with E-state index in [1.807, 2.05) is 133 Å². The number of hydrogen-bond donors (Lipinski definition) is 9. The van der Waals surface area contributed by atoms with Crippen molar-refractivity contribution < 1.29 is 43.5 Å². The summed E-state index contributed by atoms with van der Waals surface area (Å²) in [7, 11) is 0. The second-order valence-corrected chi connectivity index (χ2v) is 20.8. The predicted molar refractivity (Wildman–Crippen MR) is 303 cm³/mol. The molecule has 0 aliphatic carbocycles. The van der Waals surface area contributed by atoms with E-state index < -0.39 is 71.7 Å². The van der Waals surface area contributed by atoms with Gasteiger partial charge in [0, 0.05) is 43.6 Å². The van der Waals surface area contributed by atoms with Crippen molar-refractivity contribution in [1.29, 1.82) is 0 Å². The first-order valence-electron chi connectivity index (χ1n) is 27.8. The minimum absolute atomic E-state index is 0.000399. The number of carbonyl (C=O) groups excluding carboxylic acids is 7. The quantitative estimate of drug-likeness (QED) is 0.0320. The van der Waals surface area contributed by atoms with Crippen LogP contribution < -0.4 is 44.2 Å². The van der Waals surface area contributed by atoms with Crippen molar-refractivity contribution in [3.8, 4) is 0 Å². The van der Waals surface area contributed by atoms with Crippen molar-refractivity contribution in [3.63, 3.8) is 0 Å². The van der Waals surface area contributed by atoms with E-state index in [1.165, 1.54) is 0 Å². The predicted octanol–water partition coefficient (Wildman–Crippen LogP) is 5.52. The molecule has 0 aromatic heterocycles. The Bertz CT molecular complexity index is 2230. The molecule has 13 N–H and O–H groups in total. The molecule has 3 aromatic carbocycles. The molecule has 0 aliphatic rings. The summed E-state index contributed by atoms with van der Waals surface area (Å²) in [6, 6.07) is 23.1. The minimum atomic E-state index is -1.29. The number of rotatable bonds is 38. The standard InChI is InChI=1S/C58H86N8O9.C2H6/c1-38(2)30-49(65-56(72)45(32-40-18-8-5-9-19-40)37-51(67)46(61)33-41-20-10-6-11-21-41)52(68)35-43(24-16-27-59)54(70)63-29-15-14-26-48(58(74)75)64-55(71)44(25-17-28-60)36-53(69)50(31-39(3)4)66-57(73)47(62)34-42-22-12-7-13-23-42;1-2/h5-13,18-23,38-39,43-50H,14-17,24-37,59-62H2,1-4H3,(H,63,70)(H,64,71)(H,65,72)(H,66,73)(H,74,75);1-2H3/t43-,44-,45-,46+,47+,48-,49+,50+;/m0./s1.